The van der Waals surface area contributed by atoms with E-state index in [1.807, 2.05) is 31.1 Å². The van der Waals surface area contributed by atoms with Crippen molar-refractivity contribution < 1.29 is 9.21 Å². The molecule has 19 heavy (non-hydrogen) atoms. The van der Waals surface area contributed by atoms with Crippen LogP contribution in [0.15, 0.2) is 22.8 Å². The Morgan fingerprint density at radius 2 is 2.26 bits per heavy atom. The lowest BCUT2D eigenvalue weighted by molar-refractivity contribution is -0.122. The molecule has 0 aliphatic carbocycles. The largest absolute Gasteiger partial charge is 0.468 e. The molecule has 3 N–H and O–H groups in total. The molecule has 1 amide bonds. The summed E-state index contributed by atoms with van der Waals surface area (Å²) in [7, 11) is 3.93. The van der Waals surface area contributed by atoms with Crippen molar-refractivity contribution in [3.63, 3.8) is 0 Å². The van der Waals surface area contributed by atoms with Crippen molar-refractivity contribution in [3.8, 4) is 0 Å². The van der Waals surface area contributed by atoms with Gasteiger partial charge in [0.2, 0.25) is 5.91 Å². The predicted octanol–water partition coefficient (Wildman–Crippen LogP) is 1.37. The number of nitrogens with zero attached hydrogens (tertiary/aromatic N) is 1. The number of carbonyl (C=O) groups excluding carboxylic acids is 1. The van der Waals surface area contributed by atoms with E-state index in [0.29, 0.717) is 19.5 Å². The lowest BCUT2D eigenvalue weighted by Crippen LogP contribution is -2.35. The molecule has 5 heteroatoms. The summed E-state index contributed by atoms with van der Waals surface area (Å²) in [5.41, 5.74) is 5.61. The highest BCUT2D eigenvalue weighted by molar-refractivity contribution is 5.76. The maximum atomic E-state index is 11.9. The van der Waals surface area contributed by atoms with Gasteiger partial charge in [-0.25, -0.2) is 0 Å². The standard InChI is InChI=1S/C14H25N3O2/c1-4-11(9-15)8-14(18)16-10-12(17(2)3)13-6-5-7-19-13/h5-7,11-12H,4,8-10,15H2,1-3H3,(H,16,18). The number of furan rings is 1. The summed E-state index contributed by atoms with van der Waals surface area (Å²) < 4.78 is 5.40. The zero-order valence-corrected chi connectivity index (χ0v) is 12.1. The Kier molecular flexibility index (Phi) is 6.59. The van der Waals surface area contributed by atoms with Gasteiger partial charge < -0.3 is 15.5 Å². The maximum absolute atomic E-state index is 11.9. The summed E-state index contributed by atoms with van der Waals surface area (Å²) in [6.07, 6.45) is 3.07. The van der Waals surface area contributed by atoms with Crippen molar-refractivity contribution in [2.45, 2.75) is 25.8 Å². The molecule has 2 atom stereocenters. The number of nitrogens with two attached hydrogens (primary N) is 1. The summed E-state index contributed by atoms with van der Waals surface area (Å²) in [6, 6.07) is 3.83. The summed E-state index contributed by atoms with van der Waals surface area (Å²) in [4.78, 5) is 13.9. The average Bonchev–Trinajstić information content (AvgIpc) is 2.89. The lowest BCUT2D eigenvalue weighted by atomic mass is 10.0. The third kappa shape index (κ3) is 5.04. The topological polar surface area (TPSA) is 71.5 Å². The van der Waals surface area contributed by atoms with Gasteiger partial charge in [-0.1, -0.05) is 13.3 Å². The van der Waals surface area contributed by atoms with Crippen LogP contribution in [0.1, 0.15) is 31.6 Å². The van der Waals surface area contributed by atoms with Gasteiger partial charge in [0, 0.05) is 13.0 Å². The Balaban J connectivity index is 2.47. The van der Waals surface area contributed by atoms with Crippen LogP contribution in [0, 0.1) is 5.92 Å². The fourth-order valence-corrected chi connectivity index (χ4v) is 1.96. The highest BCUT2D eigenvalue weighted by atomic mass is 16.3. The van der Waals surface area contributed by atoms with Gasteiger partial charge >= 0.3 is 0 Å². The molecule has 0 fully saturated rings. The zero-order chi connectivity index (χ0) is 14.3. The number of likely N-dealkylation sites (N-methyl/N-ethyl adjacent to an activating group) is 1. The summed E-state index contributed by atoms with van der Waals surface area (Å²) in [5, 5.41) is 2.96. The minimum absolute atomic E-state index is 0.0516. The first kappa shape index (κ1) is 15.7. The highest BCUT2D eigenvalue weighted by Gasteiger charge is 2.18. The predicted molar refractivity (Wildman–Crippen MR) is 75.6 cm³/mol. The van der Waals surface area contributed by atoms with Gasteiger partial charge in [-0.15, -0.1) is 0 Å². The number of carbonyl (C=O) groups is 1. The van der Waals surface area contributed by atoms with Gasteiger partial charge in [0.05, 0.1) is 12.3 Å². The highest BCUT2D eigenvalue weighted by Crippen LogP contribution is 2.17. The van der Waals surface area contributed by atoms with Crippen LogP contribution in [0.3, 0.4) is 0 Å². The average molecular weight is 267 g/mol. The first-order valence-electron chi connectivity index (χ1n) is 6.75. The van der Waals surface area contributed by atoms with Gasteiger partial charge in [-0.2, -0.15) is 0 Å². The van der Waals surface area contributed by atoms with E-state index in [1.54, 1.807) is 6.26 Å². The summed E-state index contributed by atoms with van der Waals surface area (Å²) >= 11 is 0. The second-order valence-corrected chi connectivity index (χ2v) is 5.01. The molecule has 0 radical (unpaired) electrons. The third-order valence-corrected chi connectivity index (χ3v) is 3.37. The minimum atomic E-state index is 0.0516. The molecule has 0 bridgehead atoms. The lowest BCUT2D eigenvalue weighted by Gasteiger charge is -2.23. The van der Waals surface area contributed by atoms with E-state index in [0.717, 1.165) is 12.2 Å². The van der Waals surface area contributed by atoms with Crippen molar-refractivity contribution in [1.29, 1.82) is 0 Å². The maximum Gasteiger partial charge on any atom is 0.220 e. The normalized spacial score (nSPS) is 14.4. The van der Waals surface area contributed by atoms with Crippen LogP contribution in [0.4, 0.5) is 0 Å². The molecule has 1 rings (SSSR count). The third-order valence-electron chi connectivity index (χ3n) is 3.37. The van der Waals surface area contributed by atoms with Gasteiger partial charge in [-0.05, 0) is 38.7 Å². The van der Waals surface area contributed by atoms with Gasteiger partial charge in [0.15, 0.2) is 0 Å². The van der Waals surface area contributed by atoms with E-state index >= 15 is 0 Å². The molecule has 0 saturated heterocycles. The second kappa shape index (κ2) is 7.96. The Hall–Kier alpha value is -1.33. The van der Waals surface area contributed by atoms with Crippen molar-refractivity contribution in [2.24, 2.45) is 11.7 Å². The van der Waals surface area contributed by atoms with Crippen LogP contribution in [-0.2, 0) is 4.79 Å². The number of hydrogen-bond acceptors (Lipinski definition) is 4. The Labute approximate surface area is 115 Å². The van der Waals surface area contributed by atoms with E-state index in [9.17, 15) is 4.79 Å². The second-order valence-electron chi connectivity index (χ2n) is 5.01. The molecule has 0 aliphatic heterocycles. The van der Waals surface area contributed by atoms with E-state index in [2.05, 4.69) is 12.2 Å². The molecule has 108 valence electrons. The number of hydrogen-bond donors (Lipinski definition) is 2. The van der Waals surface area contributed by atoms with Crippen LogP contribution in [0.25, 0.3) is 0 Å². The molecular formula is C14H25N3O2. The zero-order valence-electron chi connectivity index (χ0n) is 12.1. The first-order chi connectivity index (χ1) is 9.08. The smallest absolute Gasteiger partial charge is 0.220 e. The summed E-state index contributed by atoms with van der Waals surface area (Å²) in [6.45, 7) is 3.15. The molecule has 0 aliphatic rings. The summed E-state index contributed by atoms with van der Waals surface area (Å²) in [5.74, 6) is 1.17. The molecule has 1 aromatic rings. The Morgan fingerprint density at radius 3 is 2.74 bits per heavy atom. The van der Waals surface area contributed by atoms with Crippen molar-refractivity contribution >= 4 is 5.91 Å². The molecule has 0 aromatic carbocycles. The van der Waals surface area contributed by atoms with Gasteiger partial charge in [0.1, 0.15) is 5.76 Å². The Bertz CT molecular complexity index is 359. The van der Waals surface area contributed by atoms with Crippen LogP contribution in [0.2, 0.25) is 0 Å². The fraction of sp³-hybridized carbons (Fsp3) is 0.643. The van der Waals surface area contributed by atoms with E-state index < -0.39 is 0 Å². The minimum Gasteiger partial charge on any atom is -0.468 e. The first-order valence-corrected chi connectivity index (χ1v) is 6.75. The monoisotopic (exact) mass is 267 g/mol. The molecule has 2 unspecified atom stereocenters. The number of nitrogens with one attached hydrogen (secondary N) is 1. The number of rotatable bonds is 8. The van der Waals surface area contributed by atoms with Crippen molar-refractivity contribution in [3.05, 3.63) is 24.2 Å². The van der Waals surface area contributed by atoms with Crippen LogP contribution < -0.4 is 11.1 Å². The van der Waals surface area contributed by atoms with Crippen LogP contribution >= 0.6 is 0 Å². The van der Waals surface area contributed by atoms with E-state index in [4.69, 9.17) is 10.2 Å². The molecular weight excluding hydrogens is 242 g/mol. The van der Waals surface area contributed by atoms with Crippen molar-refractivity contribution in [1.82, 2.24) is 10.2 Å². The molecule has 0 saturated carbocycles. The van der Waals surface area contributed by atoms with Gasteiger partial charge in [0.25, 0.3) is 0 Å². The van der Waals surface area contributed by atoms with Crippen LogP contribution in [-0.4, -0.2) is 38.0 Å². The van der Waals surface area contributed by atoms with E-state index in [1.165, 1.54) is 0 Å². The fourth-order valence-electron chi connectivity index (χ4n) is 1.96. The van der Waals surface area contributed by atoms with Gasteiger partial charge in [-0.3, -0.25) is 9.69 Å². The molecule has 0 spiro atoms. The Morgan fingerprint density at radius 1 is 1.53 bits per heavy atom. The van der Waals surface area contributed by atoms with E-state index in [-0.39, 0.29) is 17.9 Å². The number of amides is 1. The van der Waals surface area contributed by atoms with Crippen LogP contribution in [0.5, 0.6) is 0 Å². The SMILES string of the molecule is CCC(CN)CC(=O)NCC(c1ccco1)N(C)C. The molecule has 1 aromatic heterocycles. The molecule has 5 nitrogen and oxygen atoms in total. The quantitative estimate of drug-likeness (QED) is 0.746. The van der Waals surface area contributed by atoms with Crippen molar-refractivity contribution in [2.75, 3.05) is 27.2 Å². The molecule has 1 heterocycles.